The van der Waals surface area contributed by atoms with E-state index in [-0.39, 0.29) is 0 Å². The zero-order valence-corrected chi connectivity index (χ0v) is 22.8. The average Bonchev–Trinajstić information content (AvgIpc) is 3.73. The smallest absolute Gasteiger partial charge is 0.0702 e. The van der Waals surface area contributed by atoms with Crippen LogP contribution in [0.15, 0.2) is 140 Å². The van der Waals surface area contributed by atoms with Gasteiger partial charge in [0.2, 0.25) is 0 Å². The topological polar surface area (TPSA) is 22.8 Å². The maximum Gasteiger partial charge on any atom is 0.0702 e. The first-order chi connectivity index (χ1) is 20.3. The Bertz CT molecular complexity index is 2410. The highest BCUT2D eigenvalue weighted by Gasteiger charge is 2.21. The third-order valence-electron chi connectivity index (χ3n) is 8.20. The van der Waals surface area contributed by atoms with Gasteiger partial charge in [0, 0.05) is 65.7 Å². The van der Waals surface area contributed by atoms with Gasteiger partial charge in [0.1, 0.15) is 0 Å². The molecule has 9 aromatic rings. The Morgan fingerprint density at radius 3 is 2.24 bits per heavy atom. The van der Waals surface area contributed by atoms with E-state index in [0.717, 1.165) is 22.6 Å². The first-order valence-electron chi connectivity index (χ1n) is 13.8. The second-order valence-corrected chi connectivity index (χ2v) is 11.5. The summed E-state index contributed by atoms with van der Waals surface area (Å²) in [4.78, 5) is 4.65. The molecule has 0 unspecified atom stereocenters. The lowest BCUT2D eigenvalue weighted by molar-refractivity contribution is 1.13. The number of rotatable bonds is 3. The van der Waals surface area contributed by atoms with Crippen LogP contribution < -0.4 is 0 Å². The zero-order chi connectivity index (χ0) is 26.9. The molecule has 41 heavy (non-hydrogen) atoms. The zero-order valence-electron chi connectivity index (χ0n) is 22.0. The van der Waals surface area contributed by atoms with Gasteiger partial charge in [0.05, 0.1) is 22.2 Å². The molecule has 0 amide bonds. The van der Waals surface area contributed by atoms with Crippen molar-refractivity contribution >= 4 is 64.2 Å². The van der Waals surface area contributed by atoms with Gasteiger partial charge in [-0.25, -0.2) is 0 Å². The number of benzene rings is 5. The molecule has 0 saturated carbocycles. The largest absolute Gasteiger partial charge is 0.316 e. The van der Waals surface area contributed by atoms with Crippen molar-refractivity contribution in [3.05, 3.63) is 140 Å². The number of fused-ring (bicyclic) bond motifs is 9. The summed E-state index contributed by atoms with van der Waals surface area (Å²) in [5, 5.41) is 6.39. The van der Waals surface area contributed by atoms with E-state index in [4.69, 9.17) is 0 Å². The summed E-state index contributed by atoms with van der Waals surface area (Å²) in [6.45, 7) is 0. The molecule has 192 valence electrons. The maximum atomic E-state index is 4.65. The van der Waals surface area contributed by atoms with Gasteiger partial charge in [0.15, 0.2) is 0 Å². The summed E-state index contributed by atoms with van der Waals surface area (Å²) in [6.07, 6.45) is 4.06. The van der Waals surface area contributed by atoms with Crippen molar-refractivity contribution in [1.29, 1.82) is 0 Å². The number of pyridine rings is 1. The number of hydrogen-bond acceptors (Lipinski definition) is 2. The van der Waals surface area contributed by atoms with Crippen LogP contribution >= 0.6 is 11.3 Å². The van der Waals surface area contributed by atoms with Gasteiger partial charge >= 0.3 is 0 Å². The summed E-state index contributed by atoms with van der Waals surface area (Å²) in [5.74, 6) is 0. The molecule has 0 aliphatic rings. The molecule has 0 bridgehead atoms. The fourth-order valence-corrected chi connectivity index (χ4v) is 7.54. The SMILES string of the molecule is c1ccc(-n2ccc3c2ccc2c4ccc5sc6ccccc6c5c4n(-c4cccc(-c5ccccn5)c4)c23)cc1. The van der Waals surface area contributed by atoms with Crippen LogP contribution in [0.25, 0.3) is 75.5 Å². The Kier molecular flexibility index (Phi) is 4.77. The third kappa shape index (κ3) is 3.28. The van der Waals surface area contributed by atoms with E-state index in [2.05, 4.69) is 136 Å². The lowest BCUT2D eigenvalue weighted by Crippen LogP contribution is -1.96. The molecule has 0 aliphatic carbocycles. The molecule has 4 heterocycles. The lowest BCUT2D eigenvalue weighted by atomic mass is 10.1. The molecule has 3 nitrogen and oxygen atoms in total. The van der Waals surface area contributed by atoms with Gasteiger partial charge in [0.25, 0.3) is 0 Å². The summed E-state index contributed by atoms with van der Waals surface area (Å²) >= 11 is 1.87. The van der Waals surface area contributed by atoms with Crippen LogP contribution in [0.5, 0.6) is 0 Å². The van der Waals surface area contributed by atoms with Crippen molar-refractivity contribution in [2.24, 2.45) is 0 Å². The van der Waals surface area contributed by atoms with E-state index in [1.54, 1.807) is 0 Å². The maximum absolute atomic E-state index is 4.65. The summed E-state index contributed by atoms with van der Waals surface area (Å²) in [5.41, 5.74) is 8.06. The van der Waals surface area contributed by atoms with E-state index in [1.807, 2.05) is 29.7 Å². The van der Waals surface area contributed by atoms with Crippen LogP contribution in [0, 0.1) is 0 Å². The van der Waals surface area contributed by atoms with Gasteiger partial charge < -0.3 is 9.13 Å². The third-order valence-corrected chi connectivity index (χ3v) is 9.33. The van der Waals surface area contributed by atoms with Gasteiger partial charge in [-0.05, 0) is 60.7 Å². The molecule has 4 aromatic heterocycles. The Labute approximate surface area is 240 Å². The first-order valence-corrected chi connectivity index (χ1v) is 14.6. The molecule has 0 atom stereocenters. The van der Waals surface area contributed by atoms with E-state index < -0.39 is 0 Å². The fraction of sp³-hybridized carbons (Fsp3) is 0. The van der Waals surface area contributed by atoms with Gasteiger partial charge in [-0.3, -0.25) is 4.98 Å². The van der Waals surface area contributed by atoms with Crippen LogP contribution in [-0.2, 0) is 0 Å². The molecule has 0 radical (unpaired) electrons. The number of aromatic nitrogens is 3. The van der Waals surface area contributed by atoms with Gasteiger partial charge in [-0.1, -0.05) is 66.7 Å². The number of para-hydroxylation sites is 1. The highest BCUT2D eigenvalue weighted by molar-refractivity contribution is 7.26. The van der Waals surface area contributed by atoms with Crippen LogP contribution in [0.2, 0.25) is 0 Å². The normalized spacial score (nSPS) is 11.9. The quantitative estimate of drug-likeness (QED) is 0.218. The highest BCUT2D eigenvalue weighted by atomic mass is 32.1. The molecule has 9 rings (SSSR count). The van der Waals surface area contributed by atoms with E-state index in [1.165, 1.54) is 52.9 Å². The Morgan fingerprint density at radius 2 is 1.34 bits per heavy atom. The van der Waals surface area contributed by atoms with Crippen LogP contribution in [-0.4, -0.2) is 14.1 Å². The Hall–Kier alpha value is -5.19. The molecule has 0 N–H and O–H groups in total. The molecule has 0 aliphatic heterocycles. The Balaban J connectivity index is 1.47. The minimum absolute atomic E-state index is 0.974. The van der Waals surface area contributed by atoms with Crippen LogP contribution in [0.3, 0.4) is 0 Å². The van der Waals surface area contributed by atoms with Crippen molar-refractivity contribution in [1.82, 2.24) is 14.1 Å². The first kappa shape index (κ1) is 22.6. The fourth-order valence-electron chi connectivity index (χ4n) is 6.43. The standard InChI is InChI=1S/C37H23N3S/c1-2-10-25(11-3-1)39-22-20-29-32(39)18-16-27-28-17-19-34-35(30-13-4-5-15-33(30)41-34)37(28)40(36(27)29)26-12-8-9-24(23-26)31-14-6-7-21-38-31/h1-23H. The van der Waals surface area contributed by atoms with Crippen LogP contribution in [0.4, 0.5) is 0 Å². The summed E-state index contributed by atoms with van der Waals surface area (Å²) < 4.78 is 7.41. The predicted octanol–water partition coefficient (Wildman–Crippen LogP) is 10.2. The summed E-state index contributed by atoms with van der Waals surface area (Å²) in [6, 6.07) is 45.7. The average molecular weight is 542 g/mol. The second-order valence-electron chi connectivity index (χ2n) is 10.4. The minimum Gasteiger partial charge on any atom is -0.316 e. The predicted molar refractivity (Wildman–Crippen MR) is 174 cm³/mol. The van der Waals surface area contributed by atoms with Gasteiger partial charge in [-0.2, -0.15) is 0 Å². The molecule has 0 saturated heterocycles. The van der Waals surface area contributed by atoms with Crippen molar-refractivity contribution in [3.8, 4) is 22.6 Å². The molecular formula is C37H23N3S. The van der Waals surface area contributed by atoms with Crippen molar-refractivity contribution < 1.29 is 0 Å². The highest BCUT2D eigenvalue weighted by Crippen LogP contribution is 2.45. The van der Waals surface area contributed by atoms with E-state index >= 15 is 0 Å². The molecule has 4 heteroatoms. The van der Waals surface area contributed by atoms with Crippen molar-refractivity contribution in [3.63, 3.8) is 0 Å². The van der Waals surface area contributed by atoms with Crippen LogP contribution in [0.1, 0.15) is 0 Å². The number of nitrogens with zero attached hydrogens (tertiary/aromatic N) is 3. The molecule has 0 spiro atoms. The number of hydrogen-bond donors (Lipinski definition) is 0. The minimum atomic E-state index is 0.974. The number of thiophene rings is 1. The monoisotopic (exact) mass is 541 g/mol. The second kappa shape index (κ2) is 8.65. The molecule has 0 fully saturated rings. The Morgan fingerprint density at radius 1 is 0.537 bits per heavy atom. The van der Waals surface area contributed by atoms with Crippen molar-refractivity contribution in [2.75, 3.05) is 0 Å². The lowest BCUT2D eigenvalue weighted by Gasteiger charge is -2.12. The molecular weight excluding hydrogens is 518 g/mol. The van der Waals surface area contributed by atoms with E-state index in [9.17, 15) is 0 Å². The molecule has 5 aromatic carbocycles. The van der Waals surface area contributed by atoms with E-state index in [0.29, 0.717) is 0 Å². The van der Waals surface area contributed by atoms with Gasteiger partial charge in [-0.15, -0.1) is 11.3 Å². The van der Waals surface area contributed by atoms with Crippen molar-refractivity contribution in [2.45, 2.75) is 0 Å². The summed E-state index contributed by atoms with van der Waals surface area (Å²) in [7, 11) is 0.